The van der Waals surface area contributed by atoms with Gasteiger partial charge >= 0.3 is 0 Å². The van der Waals surface area contributed by atoms with Gasteiger partial charge in [0.2, 0.25) is 5.91 Å². The van der Waals surface area contributed by atoms with E-state index in [1.807, 2.05) is 23.1 Å². The molecule has 2 aromatic carbocycles. The predicted octanol–water partition coefficient (Wildman–Crippen LogP) is 5.88. The highest BCUT2D eigenvalue weighted by atomic mass is 32.1. The van der Waals surface area contributed by atoms with Crippen molar-refractivity contribution in [1.29, 1.82) is 0 Å². The third kappa shape index (κ3) is 3.07. The van der Waals surface area contributed by atoms with E-state index >= 15 is 0 Å². The molecule has 1 fully saturated rings. The fraction of sp³-hybridized carbons (Fsp3) is 0.333. The number of thiazole rings is 1. The first-order chi connectivity index (χ1) is 12.1. The highest BCUT2D eigenvalue weighted by Crippen LogP contribution is 2.38. The summed E-state index contributed by atoms with van der Waals surface area (Å²) in [6, 6.07) is 16.4. The first-order valence-electron chi connectivity index (χ1n) is 8.93. The molecule has 1 aliphatic rings. The molecule has 4 rings (SSSR count). The summed E-state index contributed by atoms with van der Waals surface area (Å²) in [4.78, 5) is 19.7. The molecule has 25 heavy (non-hydrogen) atoms. The molecule has 3 aromatic rings. The lowest BCUT2D eigenvalue weighted by atomic mass is 9.84. The summed E-state index contributed by atoms with van der Waals surface area (Å²) in [5.41, 5.74) is 3.15. The molecule has 128 valence electrons. The fourth-order valence-corrected chi connectivity index (χ4v) is 4.13. The molecule has 0 saturated heterocycles. The molecule has 0 spiro atoms. The van der Waals surface area contributed by atoms with Crippen LogP contribution in [0.1, 0.15) is 44.6 Å². The molecule has 0 aliphatic heterocycles. The number of hydrogen-bond acceptors (Lipinski definition) is 3. The van der Waals surface area contributed by atoms with Crippen LogP contribution >= 0.6 is 11.3 Å². The van der Waals surface area contributed by atoms with Gasteiger partial charge in [0.15, 0.2) is 5.13 Å². The second-order valence-corrected chi connectivity index (χ2v) is 8.02. The van der Waals surface area contributed by atoms with Gasteiger partial charge in [-0.05, 0) is 48.6 Å². The van der Waals surface area contributed by atoms with E-state index in [9.17, 15) is 4.79 Å². The van der Waals surface area contributed by atoms with E-state index in [-0.39, 0.29) is 11.8 Å². The van der Waals surface area contributed by atoms with E-state index in [1.54, 1.807) is 11.3 Å². The van der Waals surface area contributed by atoms with Crippen LogP contribution in [0.4, 0.5) is 10.8 Å². The standard InChI is InChI=1S/C21H22N2OS/c1-14(2)15-10-12-17(13-11-15)23(20(24)16-6-5-7-16)21-22-18-8-3-4-9-19(18)25-21/h3-4,8-14,16H,5-7H2,1-2H3. The molecule has 1 saturated carbocycles. The summed E-state index contributed by atoms with van der Waals surface area (Å²) in [6.45, 7) is 4.36. The average molecular weight is 350 g/mol. The molecule has 1 aliphatic carbocycles. The van der Waals surface area contributed by atoms with Gasteiger partial charge in [-0.3, -0.25) is 9.69 Å². The summed E-state index contributed by atoms with van der Waals surface area (Å²) >= 11 is 1.59. The maximum Gasteiger partial charge on any atom is 0.236 e. The average Bonchev–Trinajstić information content (AvgIpc) is 2.97. The minimum atomic E-state index is 0.136. The second kappa shape index (κ2) is 6.60. The summed E-state index contributed by atoms with van der Waals surface area (Å²) in [5.74, 6) is 0.798. The number of nitrogens with zero attached hydrogens (tertiary/aromatic N) is 2. The third-order valence-electron chi connectivity index (χ3n) is 4.97. The minimum absolute atomic E-state index is 0.136. The van der Waals surface area contributed by atoms with Gasteiger partial charge in [-0.15, -0.1) is 0 Å². The van der Waals surface area contributed by atoms with E-state index in [0.717, 1.165) is 40.3 Å². The first-order valence-corrected chi connectivity index (χ1v) is 9.74. The van der Waals surface area contributed by atoms with Crippen molar-refractivity contribution in [1.82, 2.24) is 4.98 Å². The van der Waals surface area contributed by atoms with Crippen LogP contribution in [0.3, 0.4) is 0 Å². The Morgan fingerprint density at radius 1 is 1.12 bits per heavy atom. The van der Waals surface area contributed by atoms with Crippen LogP contribution in [0.25, 0.3) is 10.2 Å². The molecule has 1 aromatic heterocycles. The SMILES string of the molecule is CC(C)c1ccc(N(C(=O)C2CCC2)c2nc3ccccc3s2)cc1. The van der Waals surface area contributed by atoms with E-state index in [0.29, 0.717) is 5.92 Å². The highest BCUT2D eigenvalue weighted by molar-refractivity contribution is 7.22. The first kappa shape index (κ1) is 16.3. The molecule has 1 heterocycles. The minimum Gasteiger partial charge on any atom is -0.274 e. The summed E-state index contributed by atoms with van der Waals surface area (Å²) in [7, 11) is 0. The highest BCUT2D eigenvalue weighted by Gasteiger charge is 2.32. The molecule has 0 radical (unpaired) electrons. The van der Waals surface area contributed by atoms with Gasteiger partial charge in [-0.1, -0.05) is 55.9 Å². The van der Waals surface area contributed by atoms with Gasteiger partial charge in [0.25, 0.3) is 0 Å². The van der Waals surface area contributed by atoms with Gasteiger partial charge in [-0.25, -0.2) is 4.98 Å². The Bertz CT molecular complexity index is 861. The maximum atomic E-state index is 13.1. The van der Waals surface area contributed by atoms with Crippen molar-refractivity contribution in [2.75, 3.05) is 4.90 Å². The predicted molar refractivity (Wildman–Crippen MR) is 105 cm³/mol. The molecule has 1 amide bonds. The molecule has 3 nitrogen and oxygen atoms in total. The Morgan fingerprint density at radius 3 is 2.44 bits per heavy atom. The van der Waals surface area contributed by atoms with E-state index in [1.165, 1.54) is 5.56 Å². The van der Waals surface area contributed by atoms with Crippen LogP contribution in [-0.4, -0.2) is 10.9 Å². The summed E-state index contributed by atoms with van der Waals surface area (Å²) in [5, 5.41) is 0.774. The number of benzene rings is 2. The van der Waals surface area contributed by atoms with Crippen molar-refractivity contribution in [3.8, 4) is 0 Å². The van der Waals surface area contributed by atoms with Crippen LogP contribution in [0, 0.1) is 5.92 Å². The number of carbonyl (C=O) groups is 1. The lowest BCUT2D eigenvalue weighted by Crippen LogP contribution is -2.35. The number of fused-ring (bicyclic) bond motifs is 1. The van der Waals surface area contributed by atoms with E-state index in [4.69, 9.17) is 4.98 Å². The molecular weight excluding hydrogens is 328 g/mol. The van der Waals surface area contributed by atoms with Crippen molar-refractivity contribution in [3.63, 3.8) is 0 Å². The molecule has 0 bridgehead atoms. The van der Waals surface area contributed by atoms with Crippen LogP contribution in [0.2, 0.25) is 0 Å². The van der Waals surface area contributed by atoms with E-state index < -0.39 is 0 Å². The smallest absolute Gasteiger partial charge is 0.236 e. The largest absolute Gasteiger partial charge is 0.274 e. The Kier molecular flexibility index (Phi) is 4.30. The zero-order valence-corrected chi connectivity index (χ0v) is 15.4. The number of amides is 1. The quantitative estimate of drug-likeness (QED) is 0.588. The number of aromatic nitrogens is 1. The lowest BCUT2D eigenvalue weighted by molar-refractivity contribution is -0.123. The fourth-order valence-electron chi connectivity index (χ4n) is 3.13. The normalized spacial score (nSPS) is 14.7. The van der Waals surface area contributed by atoms with Gasteiger partial charge in [0.05, 0.1) is 15.9 Å². The van der Waals surface area contributed by atoms with E-state index in [2.05, 4.69) is 44.2 Å². The van der Waals surface area contributed by atoms with Gasteiger partial charge in [0.1, 0.15) is 0 Å². The van der Waals surface area contributed by atoms with Gasteiger partial charge < -0.3 is 0 Å². The number of carbonyl (C=O) groups excluding carboxylic acids is 1. The van der Waals surface area contributed by atoms with Crippen molar-refractivity contribution in [2.45, 2.75) is 39.0 Å². The van der Waals surface area contributed by atoms with Crippen LogP contribution in [-0.2, 0) is 4.79 Å². The zero-order chi connectivity index (χ0) is 17.4. The number of hydrogen-bond donors (Lipinski definition) is 0. The van der Waals surface area contributed by atoms with Gasteiger partial charge in [0, 0.05) is 5.92 Å². The Labute approximate surface area is 152 Å². The number of para-hydroxylation sites is 1. The summed E-state index contributed by atoms with van der Waals surface area (Å²) in [6.07, 6.45) is 3.13. The summed E-state index contributed by atoms with van der Waals surface area (Å²) < 4.78 is 1.11. The number of anilines is 2. The van der Waals surface area contributed by atoms with Crippen molar-refractivity contribution in [2.24, 2.45) is 5.92 Å². The maximum absolute atomic E-state index is 13.1. The van der Waals surface area contributed by atoms with Crippen LogP contribution < -0.4 is 4.90 Å². The second-order valence-electron chi connectivity index (χ2n) is 7.01. The van der Waals surface area contributed by atoms with Crippen LogP contribution in [0.15, 0.2) is 48.5 Å². The topological polar surface area (TPSA) is 33.2 Å². The monoisotopic (exact) mass is 350 g/mol. The molecule has 0 N–H and O–H groups in total. The Balaban J connectivity index is 1.76. The Morgan fingerprint density at radius 2 is 1.84 bits per heavy atom. The lowest BCUT2D eigenvalue weighted by Gasteiger charge is -2.30. The van der Waals surface area contributed by atoms with Crippen molar-refractivity contribution in [3.05, 3.63) is 54.1 Å². The molecule has 0 atom stereocenters. The Hall–Kier alpha value is -2.20. The van der Waals surface area contributed by atoms with Crippen LogP contribution in [0.5, 0.6) is 0 Å². The molecular formula is C21H22N2OS. The van der Waals surface area contributed by atoms with Crippen molar-refractivity contribution < 1.29 is 4.79 Å². The molecule has 4 heteroatoms. The van der Waals surface area contributed by atoms with Crippen molar-refractivity contribution >= 4 is 38.3 Å². The third-order valence-corrected chi connectivity index (χ3v) is 5.99. The number of rotatable bonds is 4. The molecule has 0 unspecified atom stereocenters. The zero-order valence-electron chi connectivity index (χ0n) is 14.6. The van der Waals surface area contributed by atoms with Gasteiger partial charge in [-0.2, -0.15) is 0 Å².